The van der Waals surface area contributed by atoms with Crippen molar-refractivity contribution in [3.05, 3.63) is 47.8 Å². The standard InChI is InChI=1S/C21H27N5O2/c1-16(27)26-9-2-4-17-14-18(5-6-19(17)26)20(28)15-24-10-12-25(13-11-24)21-22-7-3-8-23-21/h3,5-8,14,20,28H,2,4,9-13,15H2,1H3. The molecule has 3 heterocycles. The van der Waals surface area contributed by atoms with Gasteiger partial charge in [-0.15, -0.1) is 0 Å². The van der Waals surface area contributed by atoms with Crippen molar-refractivity contribution in [2.24, 2.45) is 0 Å². The van der Waals surface area contributed by atoms with Gasteiger partial charge in [0.25, 0.3) is 0 Å². The Morgan fingerprint density at radius 2 is 1.89 bits per heavy atom. The largest absolute Gasteiger partial charge is 0.387 e. The average Bonchev–Trinajstić information content (AvgIpc) is 2.74. The summed E-state index contributed by atoms with van der Waals surface area (Å²) in [6.07, 6.45) is 4.92. The predicted molar refractivity (Wildman–Crippen MR) is 108 cm³/mol. The number of β-amino-alcohol motifs (C(OH)–C–C–N with tert-alkyl or cyclic N) is 1. The van der Waals surface area contributed by atoms with Gasteiger partial charge in [-0.3, -0.25) is 9.69 Å². The van der Waals surface area contributed by atoms with Crippen molar-refractivity contribution in [2.45, 2.75) is 25.9 Å². The summed E-state index contributed by atoms with van der Waals surface area (Å²) in [5, 5.41) is 10.8. The molecule has 2 aliphatic rings. The molecule has 1 amide bonds. The normalized spacial score (nSPS) is 18.6. The molecule has 1 fully saturated rings. The van der Waals surface area contributed by atoms with Gasteiger partial charge >= 0.3 is 0 Å². The fourth-order valence-electron chi connectivity index (χ4n) is 4.09. The SMILES string of the molecule is CC(=O)N1CCCc2cc(C(O)CN3CCN(c4ncccn4)CC3)ccc21. The first-order valence-corrected chi connectivity index (χ1v) is 9.95. The van der Waals surface area contributed by atoms with Crippen molar-refractivity contribution in [1.82, 2.24) is 14.9 Å². The minimum Gasteiger partial charge on any atom is -0.387 e. The molecule has 148 valence electrons. The van der Waals surface area contributed by atoms with Crippen molar-refractivity contribution in [2.75, 3.05) is 49.1 Å². The molecule has 1 saturated heterocycles. The molecule has 1 unspecified atom stereocenters. The van der Waals surface area contributed by atoms with Gasteiger partial charge in [0, 0.05) is 64.3 Å². The summed E-state index contributed by atoms with van der Waals surface area (Å²) in [6.45, 7) is 6.45. The zero-order valence-electron chi connectivity index (χ0n) is 16.3. The van der Waals surface area contributed by atoms with Gasteiger partial charge < -0.3 is 14.9 Å². The highest BCUT2D eigenvalue weighted by atomic mass is 16.3. The molecule has 0 spiro atoms. The van der Waals surface area contributed by atoms with Crippen LogP contribution in [0.25, 0.3) is 0 Å². The second kappa shape index (κ2) is 8.24. The molecule has 7 heteroatoms. The monoisotopic (exact) mass is 381 g/mol. The highest BCUT2D eigenvalue weighted by Gasteiger charge is 2.24. The van der Waals surface area contributed by atoms with E-state index < -0.39 is 6.10 Å². The van der Waals surface area contributed by atoms with Crippen LogP contribution in [-0.4, -0.2) is 65.2 Å². The van der Waals surface area contributed by atoms with Crippen LogP contribution in [0.5, 0.6) is 0 Å². The Morgan fingerprint density at radius 1 is 1.14 bits per heavy atom. The lowest BCUT2D eigenvalue weighted by Gasteiger charge is -2.35. The number of piperazine rings is 1. The quantitative estimate of drug-likeness (QED) is 0.868. The van der Waals surface area contributed by atoms with Crippen molar-refractivity contribution in [1.29, 1.82) is 0 Å². The second-order valence-corrected chi connectivity index (χ2v) is 7.51. The van der Waals surface area contributed by atoms with Gasteiger partial charge in [-0.1, -0.05) is 12.1 Å². The minimum atomic E-state index is -0.530. The smallest absolute Gasteiger partial charge is 0.225 e. The van der Waals surface area contributed by atoms with E-state index in [0.29, 0.717) is 6.54 Å². The number of hydrogen-bond donors (Lipinski definition) is 1. The van der Waals surface area contributed by atoms with Gasteiger partial charge in [0.05, 0.1) is 6.10 Å². The summed E-state index contributed by atoms with van der Waals surface area (Å²) in [5.41, 5.74) is 3.08. The molecule has 0 radical (unpaired) electrons. The number of rotatable bonds is 4. The summed E-state index contributed by atoms with van der Waals surface area (Å²) in [5.74, 6) is 0.849. The lowest BCUT2D eigenvalue weighted by Crippen LogP contribution is -2.48. The van der Waals surface area contributed by atoms with Crippen LogP contribution < -0.4 is 9.80 Å². The maximum absolute atomic E-state index is 11.8. The molecule has 1 atom stereocenters. The third-order valence-corrected chi connectivity index (χ3v) is 5.63. The summed E-state index contributed by atoms with van der Waals surface area (Å²) in [7, 11) is 0. The molecule has 0 aliphatic carbocycles. The molecule has 28 heavy (non-hydrogen) atoms. The fraction of sp³-hybridized carbons (Fsp3) is 0.476. The van der Waals surface area contributed by atoms with Crippen LogP contribution in [-0.2, 0) is 11.2 Å². The van der Waals surface area contributed by atoms with Gasteiger partial charge in [0.15, 0.2) is 0 Å². The van der Waals surface area contributed by atoms with Crippen molar-refractivity contribution < 1.29 is 9.90 Å². The number of hydrogen-bond acceptors (Lipinski definition) is 6. The second-order valence-electron chi connectivity index (χ2n) is 7.51. The molecule has 1 aromatic heterocycles. The van der Waals surface area contributed by atoms with Gasteiger partial charge in [0.1, 0.15) is 0 Å². The fourth-order valence-corrected chi connectivity index (χ4v) is 4.09. The number of amides is 1. The molecule has 2 aliphatic heterocycles. The summed E-state index contributed by atoms with van der Waals surface area (Å²) in [4.78, 5) is 26.8. The van der Waals surface area contributed by atoms with Crippen LogP contribution in [0.15, 0.2) is 36.7 Å². The van der Waals surface area contributed by atoms with E-state index >= 15 is 0 Å². The van der Waals surface area contributed by atoms with Crippen LogP contribution >= 0.6 is 0 Å². The van der Waals surface area contributed by atoms with E-state index in [1.807, 2.05) is 23.1 Å². The molecule has 0 bridgehead atoms. The third-order valence-electron chi connectivity index (χ3n) is 5.63. The van der Waals surface area contributed by atoms with E-state index in [1.165, 1.54) is 0 Å². The topological polar surface area (TPSA) is 72.8 Å². The molecule has 2 aromatic rings. The molecule has 0 saturated carbocycles. The number of carbonyl (C=O) groups is 1. The van der Waals surface area contributed by atoms with E-state index in [9.17, 15) is 9.90 Å². The van der Waals surface area contributed by atoms with Crippen molar-refractivity contribution in [3.8, 4) is 0 Å². The Morgan fingerprint density at radius 3 is 2.61 bits per heavy atom. The first kappa shape index (κ1) is 18.8. The number of benzene rings is 1. The zero-order chi connectivity index (χ0) is 19.5. The Bertz CT molecular complexity index is 821. The number of fused-ring (bicyclic) bond motifs is 1. The summed E-state index contributed by atoms with van der Waals surface area (Å²) >= 11 is 0. The Hall–Kier alpha value is -2.51. The minimum absolute atomic E-state index is 0.0783. The van der Waals surface area contributed by atoms with E-state index in [1.54, 1.807) is 19.3 Å². The lowest BCUT2D eigenvalue weighted by atomic mass is 9.97. The summed E-state index contributed by atoms with van der Waals surface area (Å²) < 4.78 is 0. The maximum atomic E-state index is 11.8. The Kier molecular flexibility index (Phi) is 5.54. The number of nitrogens with zero attached hydrogens (tertiary/aromatic N) is 5. The van der Waals surface area contributed by atoms with E-state index in [4.69, 9.17) is 0 Å². The number of anilines is 2. The van der Waals surface area contributed by atoms with Gasteiger partial charge in [-0.25, -0.2) is 9.97 Å². The number of aliphatic hydroxyl groups is 1. The zero-order valence-corrected chi connectivity index (χ0v) is 16.3. The molecule has 4 rings (SSSR count). The van der Waals surface area contributed by atoms with E-state index in [-0.39, 0.29) is 5.91 Å². The average molecular weight is 381 g/mol. The van der Waals surface area contributed by atoms with Crippen LogP contribution in [0, 0.1) is 0 Å². The number of aromatic nitrogens is 2. The number of aliphatic hydroxyl groups excluding tert-OH is 1. The van der Waals surface area contributed by atoms with Gasteiger partial charge in [-0.2, -0.15) is 0 Å². The molecule has 1 aromatic carbocycles. The Labute approximate surface area is 165 Å². The highest BCUT2D eigenvalue weighted by Crippen LogP contribution is 2.30. The van der Waals surface area contributed by atoms with Crippen molar-refractivity contribution >= 4 is 17.5 Å². The molecular weight excluding hydrogens is 354 g/mol. The number of aryl methyl sites for hydroxylation is 1. The first-order valence-electron chi connectivity index (χ1n) is 9.95. The summed E-state index contributed by atoms with van der Waals surface area (Å²) in [6, 6.07) is 7.84. The molecular formula is C21H27N5O2. The van der Waals surface area contributed by atoms with Crippen LogP contribution in [0.3, 0.4) is 0 Å². The van der Waals surface area contributed by atoms with Gasteiger partial charge in [-0.05, 0) is 36.1 Å². The van der Waals surface area contributed by atoms with E-state index in [0.717, 1.165) is 68.3 Å². The molecule has 1 N–H and O–H groups in total. The molecule has 7 nitrogen and oxygen atoms in total. The van der Waals surface area contributed by atoms with Crippen LogP contribution in [0.2, 0.25) is 0 Å². The van der Waals surface area contributed by atoms with Gasteiger partial charge in [0.2, 0.25) is 11.9 Å². The first-order chi connectivity index (χ1) is 13.6. The van der Waals surface area contributed by atoms with Crippen LogP contribution in [0.1, 0.15) is 30.6 Å². The van der Waals surface area contributed by atoms with Crippen LogP contribution in [0.4, 0.5) is 11.6 Å². The predicted octanol–water partition coefficient (Wildman–Crippen LogP) is 1.63. The highest BCUT2D eigenvalue weighted by molar-refractivity contribution is 5.92. The third kappa shape index (κ3) is 4.00. The van der Waals surface area contributed by atoms with Crippen molar-refractivity contribution in [3.63, 3.8) is 0 Å². The lowest BCUT2D eigenvalue weighted by molar-refractivity contribution is -0.116. The maximum Gasteiger partial charge on any atom is 0.225 e. The Balaban J connectivity index is 1.37. The van der Waals surface area contributed by atoms with E-state index in [2.05, 4.69) is 25.8 Å². The number of carbonyl (C=O) groups excluding carboxylic acids is 1.